The Morgan fingerprint density at radius 1 is 1.29 bits per heavy atom. The molecule has 3 nitrogen and oxygen atoms in total. The number of ketones is 1. The monoisotopic (exact) mass is 291 g/mol. The van der Waals surface area contributed by atoms with Crippen molar-refractivity contribution in [3.8, 4) is 5.75 Å². The number of Topliss-reactive ketones (excluding diaryl/α,β-unsaturated/α-hetero) is 1. The molecule has 118 valence electrons. The fourth-order valence-electron chi connectivity index (χ4n) is 2.51. The maximum absolute atomic E-state index is 11.3. The Labute approximate surface area is 128 Å². The second-order valence-corrected chi connectivity index (χ2v) is 5.86. The number of nitrogens with two attached hydrogens (primary N) is 1. The lowest BCUT2D eigenvalue weighted by Gasteiger charge is -2.18. The van der Waals surface area contributed by atoms with Gasteiger partial charge in [-0.05, 0) is 49.3 Å². The molecule has 1 aromatic carbocycles. The second kappa shape index (κ2) is 8.71. The minimum atomic E-state index is 0.199. The van der Waals surface area contributed by atoms with Crippen molar-refractivity contribution in [3.05, 3.63) is 23.3 Å². The Morgan fingerprint density at radius 3 is 2.57 bits per heavy atom. The summed E-state index contributed by atoms with van der Waals surface area (Å²) < 4.78 is 5.84. The molecule has 1 rings (SSSR count). The number of anilines is 1. The highest BCUT2D eigenvalue weighted by Crippen LogP contribution is 2.33. The third-order valence-electron chi connectivity index (χ3n) is 3.63. The van der Waals surface area contributed by atoms with E-state index >= 15 is 0 Å². The number of carbonyl (C=O) groups is 1. The number of hydrogen-bond donors (Lipinski definition) is 1. The maximum atomic E-state index is 11.3. The van der Waals surface area contributed by atoms with Gasteiger partial charge in [0.05, 0.1) is 12.3 Å². The molecular weight excluding hydrogens is 262 g/mol. The molecular formula is C18H29NO2. The summed E-state index contributed by atoms with van der Waals surface area (Å²) in [6.45, 7) is 8.66. The number of benzene rings is 1. The fourth-order valence-corrected chi connectivity index (χ4v) is 2.51. The molecule has 0 amide bonds. The predicted molar refractivity (Wildman–Crippen MR) is 89.0 cm³/mol. The van der Waals surface area contributed by atoms with Crippen LogP contribution >= 0.6 is 0 Å². The molecule has 2 N–H and O–H groups in total. The van der Waals surface area contributed by atoms with E-state index in [4.69, 9.17) is 10.5 Å². The van der Waals surface area contributed by atoms with Gasteiger partial charge in [0.1, 0.15) is 11.5 Å². The Balaban J connectivity index is 3.07. The molecule has 0 spiro atoms. The number of unbranched alkanes of at least 4 members (excludes halogenated alkanes) is 1. The lowest BCUT2D eigenvalue weighted by atomic mass is 9.92. The SMILES string of the molecule is CCCCc1cc(C(C)CC(C)=O)cc(N)c1OCCC. The molecule has 0 bridgehead atoms. The number of aryl methyl sites for hydroxylation is 1. The van der Waals surface area contributed by atoms with Crippen LogP contribution in [0.15, 0.2) is 12.1 Å². The van der Waals surface area contributed by atoms with Gasteiger partial charge in [-0.15, -0.1) is 0 Å². The Morgan fingerprint density at radius 2 is 2.00 bits per heavy atom. The fraction of sp³-hybridized carbons (Fsp3) is 0.611. The number of hydrogen-bond acceptors (Lipinski definition) is 3. The van der Waals surface area contributed by atoms with E-state index in [1.165, 1.54) is 5.56 Å². The zero-order valence-electron chi connectivity index (χ0n) is 13.9. The van der Waals surface area contributed by atoms with Crippen molar-refractivity contribution < 1.29 is 9.53 Å². The van der Waals surface area contributed by atoms with Crippen LogP contribution in [0.4, 0.5) is 5.69 Å². The summed E-state index contributed by atoms with van der Waals surface area (Å²) in [6.07, 6.45) is 4.75. The van der Waals surface area contributed by atoms with Crippen LogP contribution in [-0.2, 0) is 11.2 Å². The first kappa shape index (κ1) is 17.5. The van der Waals surface area contributed by atoms with Crippen LogP contribution in [0, 0.1) is 0 Å². The Hall–Kier alpha value is -1.51. The number of nitrogen functional groups attached to an aromatic ring is 1. The summed E-state index contributed by atoms with van der Waals surface area (Å²) >= 11 is 0. The Kier molecular flexibility index (Phi) is 7.27. The average Bonchev–Trinajstić information content (AvgIpc) is 2.42. The number of rotatable bonds is 9. The van der Waals surface area contributed by atoms with Gasteiger partial charge in [0.2, 0.25) is 0 Å². The molecule has 0 saturated heterocycles. The first-order valence-electron chi connectivity index (χ1n) is 8.04. The van der Waals surface area contributed by atoms with Gasteiger partial charge in [0.25, 0.3) is 0 Å². The quantitative estimate of drug-likeness (QED) is 0.682. The van der Waals surface area contributed by atoms with Crippen LogP contribution in [0.1, 0.15) is 70.4 Å². The van der Waals surface area contributed by atoms with Crippen LogP contribution in [-0.4, -0.2) is 12.4 Å². The summed E-state index contributed by atoms with van der Waals surface area (Å²) in [6, 6.07) is 4.14. The van der Waals surface area contributed by atoms with E-state index in [1.807, 2.05) is 6.07 Å². The largest absolute Gasteiger partial charge is 0.491 e. The number of ether oxygens (including phenoxy) is 1. The smallest absolute Gasteiger partial charge is 0.145 e. The summed E-state index contributed by atoms with van der Waals surface area (Å²) in [5.41, 5.74) is 9.20. The van der Waals surface area contributed by atoms with Gasteiger partial charge in [0.15, 0.2) is 0 Å². The van der Waals surface area contributed by atoms with E-state index < -0.39 is 0 Å². The highest BCUT2D eigenvalue weighted by atomic mass is 16.5. The lowest BCUT2D eigenvalue weighted by Crippen LogP contribution is -2.07. The zero-order valence-corrected chi connectivity index (χ0v) is 13.9. The van der Waals surface area contributed by atoms with Crippen molar-refractivity contribution in [1.82, 2.24) is 0 Å². The van der Waals surface area contributed by atoms with Crippen LogP contribution < -0.4 is 10.5 Å². The first-order valence-corrected chi connectivity index (χ1v) is 8.04. The molecule has 3 heteroatoms. The predicted octanol–water partition coefficient (Wildman–Crippen LogP) is 4.48. The van der Waals surface area contributed by atoms with Gasteiger partial charge >= 0.3 is 0 Å². The third kappa shape index (κ3) is 5.41. The van der Waals surface area contributed by atoms with Crippen LogP contribution in [0.2, 0.25) is 0 Å². The van der Waals surface area contributed by atoms with Crippen LogP contribution in [0.3, 0.4) is 0 Å². The van der Waals surface area contributed by atoms with E-state index in [9.17, 15) is 4.79 Å². The van der Waals surface area contributed by atoms with Crippen molar-refractivity contribution >= 4 is 11.5 Å². The molecule has 0 heterocycles. The standard InChI is InChI=1S/C18H29NO2/c1-5-7-8-15-11-16(13(3)10-14(4)20)12-17(19)18(15)21-9-6-2/h11-13H,5-10,19H2,1-4H3. The molecule has 0 aromatic heterocycles. The molecule has 0 radical (unpaired) electrons. The minimum absolute atomic E-state index is 0.199. The first-order chi connectivity index (χ1) is 9.99. The normalized spacial score (nSPS) is 12.2. The van der Waals surface area contributed by atoms with Crippen molar-refractivity contribution in [3.63, 3.8) is 0 Å². The van der Waals surface area contributed by atoms with Crippen LogP contribution in [0.5, 0.6) is 5.75 Å². The van der Waals surface area contributed by atoms with Crippen molar-refractivity contribution in [1.29, 1.82) is 0 Å². The van der Waals surface area contributed by atoms with Gasteiger partial charge in [-0.25, -0.2) is 0 Å². The van der Waals surface area contributed by atoms with E-state index in [2.05, 4.69) is 26.8 Å². The minimum Gasteiger partial charge on any atom is -0.491 e. The van der Waals surface area contributed by atoms with E-state index in [1.54, 1.807) is 6.92 Å². The van der Waals surface area contributed by atoms with E-state index in [0.717, 1.165) is 37.0 Å². The highest BCUT2D eigenvalue weighted by molar-refractivity contribution is 5.76. The molecule has 0 saturated carbocycles. The molecule has 1 aromatic rings. The summed E-state index contributed by atoms with van der Waals surface area (Å²) in [5, 5.41) is 0. The third-order valence-corrected chi connectivity index (χ3v) is 3.63. The molecule has 0 aliphatic carbocycles. The summed E-state index contributed by atoms with van der Waals surface area (Å²) in [7, 11) is 0. The molecule has 0 fully saturated rings. The molecule has 21 heavy (non-hydrogen) atoms. The van der Waals surface area contributed by atoms with Crippen LogP contribution in [0.25, 0.3) is 0 Å². The molecule has 0 aliphatic heterocycles. The summed E-state index contributed by atoms with van der Waals surface area (Å²) in [5.74, 6) is 1.25. The van der Waals surface area contributed by atoms with Crippen molar-refractivity contribution in [2.24, 2.45) is 0 Å². The molecule has 1 unspecified atom stereocenters. The van der Waals surface area contributed by atoms with Gasteiger partial charge in [-0.1, -0.05) is 33.3 Å². The van der Waals surface area contributed by atoms with Gasteiger partial charge in [0, 0.05) is 6.42 Å². The topological polar surface area (TPSA) is 52.3 Å². The summed E-state index contributed by atoms with van der Waals surface area (Å²) in [4.78, 5) is 11.3. The van der Waals surface area contributed by atoms with Gasteiger partial charge in [-0.3, -0.25) is 0 Å². The average molecular weight is 291 g/mol. The lowest BCUT2D eigenvalue weighted by molar-refractivity contribution is -0.117. The maximum Gasteiger partial charge on any atom is 0.145 e. The van der Waals surface area contributed by atoms with E-state index in [0.29, 0.717) is 18.7 Å². The highest BCUT2D eigenvalue weighted by Gasteiger charge is 2.15. The van der Waals surface area contributed by atoms with Crippen molar-refractivity contribution in [2.75, 3.05) is 12.3 Å². The van der Waals surface area contributed by atoms with Gasteiger partial charge < -0.3 is 15.3 Å². The van der Waals surface area contributed by atoms with Crippen molar-refractivity contribution in [2.45, 2.75) is 65.7 Å². The zero-order chi connectivity index (χ0) is 15.8. The van der Waals surface area contributed by atoms with Gasteiger partial charge in [-0.2, -0.15) is 0 Å². The second-order valence-electron chi connectivity index (χ2n) is 5.86. The molecule has 0 aliphatic rings. The molecule has 1 atom stereocenters. The Bertz CT molecular complexity index is 469. The van der Waals surface area contributed by atoms with E-state index in [-0.39, 0.29) is 11.7 Å². The number of carbonyl (C=O) groups excluding carboxylic acids is 1.